The van der Waals surface area contributed by atoms with E-state index in [2.05, 4.69) is 6.58 Å². The number of aliphatic hydroxyl groups is 1. The molecule has 0 aromatic heterocycles. The van der Waals surface area contributed by atoms with Crippen LogP contribution in [0.15, 0.2) is 43.0 Å². The van der Waals surface area contributed by atoms with Crippen LogP contribution in [0.25, 0.3) is 0 Å². The topological polar surface area (TPSA) is 72.3 Å². The number of aliphatic hydroxyl groups excluding tert-OH is 1. The van der Waals surface area contributed by atoms with Crippen LogP contribution in [0.4, 0.5) is 0 Å². The van der Waals surface area contributed by atoms with E-state index in [9.17, 15) is 4.79 Å². The number of Topliss-reactive ketones (excluding diaryl/α,β-unsaturated/α-hetero) is 1. The minimum atomic E-state index is 0. The average molecular weight is 195 g/mol. The van der Waals surface area contributed by atoms with Gasteiger partial charge in [-0.1, -0.05) is 36.4 Å². The molecular weight excluding hydrogens is 178 g/mol. The maximum atomic E-state index is 10.6. The Bertz CT molecular complexity index is 257. The van der Waals surface area contributed by atoms with Gasteiger partial charge in [0.05, 0.1) is 6.61 Å². The summed E-state index contributed by atoms with van der Waals surface area (Å²) < 4.78 is 0. The molecule has 0 saturated carbocycles. The van der Waals surface area contributed by atoms with Crippen LogP contribution in [0.3, 0.4) is 0 Å². The van der Waals surface area contributed by atoms with Crippen molar-refractivity contribution in [2.24, 2.45) is 0 Å². The third-order valence-electron chi connectivity index (χ3n) is 1.31. The highest BCUT2D eigenvalue weighted by atomic mass is 16.2. The fraction of sp³-hybridized carbons (Fsp3) is 0.182. The first-order chi connectivity index (χ1) is 6.22. The lowest BCUT2D eigenvalue weighted by Gasteiger charge is -1.89. The van der Waals surface area contributed by atoms with Crippen molar-refractivity contribution in [3.8, 4) is 0 Å². The first-order valence-corrected chi connectivity index (χ1v) is 4.00. The summed E-state index contributed by atoms with van der Waals surface area (Å²) in [5.41, 5.74) is 0.775. The van der Waals surface area contributed by atoms with E-state index in [4.69, 9.17) is 5.11 Å². The van der Waals surface area contributed by atoms with Gasteiger partial charge in [-0.2, -0.15) is 0 Å². The molecule has 0 aliphatic rings. The molecule has 1 aromatic carbocycles. The summed E-state index contributed by atoms with van der Waals surface area (Å²) in [5, 5.41) is 7.76. The summed E-state index contributed by atoms with van der Waals surface area (Å²) in [7, 11) is 0. The summed E-state index contributed by atoms with van der Waals surface area (Å²) >= 11 is 0. The van der Waals surface area contributed by atoms with E-state index in [1.165, 1.54) is 6.08 Å². The number of hydrogen-bond acceptors (Lipinski definition) is 3. The van der Waals surface area contributed by atoms with Gasteiger partial charge in [0, 0.05) is 5.56 Å². The molecule has 3 nitrogen and oxygen atoms in total. The maximum Gasteiger partial charge on any atom is 0.159 e. The lowest BCUT2D eigenvalue weighted by atomic mass is 10.2. The Balaban J connectivity index is 0. The van der Waals surface area contributed by atoms with Crippen molar-refractivity contribution in [3.05, 3.63) is 48.6 Å². The number of rotatable bonds is 2. The number of carbonyl (C=O) groups excluding carboxylic acids is 1. The van der Waals surface area contributed by atoms with Crippen molar-refractivity contribution in [3.63, 3.8) is 0 Å². The fourth-order valence-corrected chi connectivity index (χ4v) is 0.673. The first kappa shape index (κ1) is 15.0. The quantitative estimate of drug-likeness (QED) is 0.561. The zero-order chi connectivity index (χ0) is 10.1. The Morgan fingerprint density at radius 3 is 2.07 bits per heavy atom. The van der Waals surface area contributed by atoms with Gasteiger partial charge in [0.25, 0.3) is 0 Å². The van der Waals surface area contributed by atoms with Crippen molar-refractivity contribution in [1.82, 2.24) is 6.15 Å². The SMILES string of the molecule is C=CCO.CC(=O)c1ccccc1.N. The van der Waals surface area contributed by atoms with Crippen molar-refractivity contribution in [1.29, 1.82) is 0 Å². The van der Waals surface area contributed by atoms with Gasteiger partial charge in [-0.15, -0.1) is 6.58 Å². The van der Waals surface area contributed by atoms with Crippen LogP contribution >= 0.6 is 0 Å². The molecule has 1 aromatic rings. The molecule has 78 valence electrons. The molecule has 0 spiro atoms. The molecule has 0 bridgehead atoms. The number of carbonyl (C=O) groups is 1. The van der Waals surface area contributed by atoms with E-state index >= 15 is 0 Å². The molecule has 0 amide bonds. The Morgan fingerprint density at radius 1 is 1.43 bits per heavy atom. The summed E-state index contributed by atoms with van der Waals surface area (Å²) in [6, 6.07) is 9.23. The van der Waals surface area contributed by atoms with Gasteiger partial charge in [0.2, 0.25) is 0 Å². The van der Waals surface area contributed by atoms with Gasteiger partial charge in [0.1, 0.15) is 0 Å². The molecule has 3 heteroatoms. The first-order valence-electron chi connectivity index (χ1n) is 4.00. The second-order valence-electron chi connectivity index (χ2n) is 2.39. The lowest BCUT2D eigenvalue weighted by Crippen LogP contribution is -1.88. The van der Waals surface area contributed by atoms with Crippen LogP contribution in [0.1, 0.15) is 17.3 Å². The van der Waals surface area contributed by atoms with E-state index in [0.717, 1.165) is 5.56 Å². The van der Waals surface area contributed by atoms with Crippen LogP contribution in [0.5, 0.6) is 0 Å². The van der Waals surface area contributed by atoms with Gasteiger partial charge < -0.3 is 11.3 Å². The van der Waals surface area contributed by atoms with E-state index in [1.54, 1.807) is 6.92 Å². The molecule has 0 heterocycles. The second-order valence-corrected chi connectivity index (χ2v) is 2.39. The molecule has 0 aliphatic heterocycles. The second kappa shape index (κ2) is 9.64. The molecule has 1 rings (SSSR count). The highest BCUT2D eigenvalue weighted by Crippen LogP contribution is 1.97. The Kier molecular flexibility index (Phi) is 10.4. The predicted molar refractivity (Wildman–Crippen MR) is 58.8 cm³/mol. The molecule has 0 saturated heterocycles. The molecular formula is C11H17NO2. The third-order valence-corrected chi connectivity index (χ3v) is 1.31. The van der Waals surface area contributed by atoms with Gasteiger partial charge in [-0.25, -0.2) is 0 Å². The zero-order valence-corrected chi connectivity index (χ0v) is 8.44. The van der Waals surface area contributed by atoms with Gasteiger partial charge in [0.15, 0.2) is 5.78 Å². The van der Waals surface area contributed by atoms with E-state index < -0.39 is 0 Å². The fourth-order valence-electron chi connectivity index (χ4n) is 0.673. The van der Waals surface area contributed by atoms with Crippen molar-refractivity contribution >= 4 is 5.78 Å². The lowest BCUT2D eigenvalue weighted by molar-refractivity contribution is 0.101. The van der Waals surface area contributed by atoms with Crippen LogP contribution in [0, 0.1) is 0 Å². The molecule has 14 heavy (non-hydrogen) atoms. The van der Waals surface area contributed by atoms with Crippen molar-refractivity contribution in [2.75, 3.05) is 6.61 Å². The van der Waals surface area contributed by atoms with Gasteiger partial charge in [-0.3, -0.25) is 4.79 Å². The summed E-state index contributed by atoms with van der Waals surface area (Å²) in [6.07, 6.45) is 1.43. The number of ketones is 1. The maximum absolute atomic E-state index is 10.6. The van der Waals surface area contributed by atoms with E-state index in [-0.39, 0.29) is 18.5 Å². The monoisotopic (exact) mass is 195 g/mol. The van der Waals surface area contributed by atoms with Gasteiger partial charge >= 0.3 is 0 Å². The molecule has 0 unspecified atom stereocenters. The molecule has 0 aliphatic carbocycles. The minimum Gasteiger partial charge on any atom is -0.392 e. The standard InChI is InChI=1S/C8H8O.C3H6O.H3N/c1-7(9)8-5-3-2-4-6-8;1-2-3-4;/h2-6H,1H3;2,4H,1,3H2;1H3. The average Bonchev–Trinajstić information content (AvgIpc) is 2.19. The van der Waals surface area contributed by atoms with Crippen LogP contribution in [-0.4, -0.2) is 17.5 Å². The highest BCUT2D eigenvalue weighted by Gasteiger charge is 1.92. The van der Waals surface area contributed by atoms with Crippen LogP contribution < -0.4 is 6.15 Å². The van der Waals surface area contributed by atoms with Crippen molar-refractivity contribution < 1.29 is 9.90 Å². The largest absolute Gasteiger partial charge is 0.392 e. The molecule has 0 radical (unpaired) electrons. The normalized spacial score (nSPS) is 7.57. The number of benzene rings is 1. The van der Waals surface area contributed by atoms with E-state index in [0.29, 0.717) is 0 Å². The smallest absolute Gasteiger partial charge is 0.159 e. The predicted octanol–water partition coefficient (Wildman–Crippen LogP) is 2.22. The number of hydrogen-bond donors (Lipinski definition) is 2. The van der Waals surface area contributed by atoms with Gasteiger partial charge in [-0.05, 0) is 6.92 Å². The Morgan fingerprint density at radius 2 is 1.86 bits per heavy atom. The third kappa shape index (κ3) is 7.21. The summed E-state index contributed by atoms with van der Waals surface area (Å²) in [4.78, 5) is 10.6. The molecule has 4 N–H and O–H groups in total. The summed E-state index contributed by atoms with van der Waals surface area (Å²) in [5.74, 6) is 0.121. The van der Waals surface area contributed by atoms with Crippen LogP contribution in [-0.2, 0) is 0 Å². The van der Waals surface area contributed by atoms with Crippen molar-refractivity contribution in [2.45, 2.75) is 6.92 Å². The Hall–Kier alpha value is -1.45. The van der Waals surface area contributed by atoms with Crippen LogP contribution in [0.2, 0.25) is 0 Å². The summed E-state index contributed by atoms with van der Waals surface area (Å²) in [6.45, 7) is 4.88. The molecule has 0 fully saturated rings. The minimum absolute atomic E-state index is 0. The van der Waals surface area contributed by atoms with E-state index in [1.807, 2.05) is 30.3 Å². The zero-order valence-electron chi connectivity index (χ0n) is 8.44. The Labute approximate surface area is 84.7 Å². The highest BCUT2D eigenvalue weighted by molar-refractivity contribution is 5.93. The molecule has 0 atom stereocenters.